The van der Waals surface area contributed by atoms with Gasteiger partial charge >= 0.3 is 0 Å². The number of amides is 2. The van der Waals surface area contributed by atoms with E-state index in [1.54, 1.807) is 43.5 Å². The molecule has 2 aliphatic heterocycles. The molecule has 2 amide bonds. The first-order valence-corrected chi connectivity index (χ1v) is 11.3. The third kappa shape index (κ3) is 3.99. The van der Waals surface area contributed by atoms with Gasteiger partial charge in [0, 0.05) is 30.4 Å². The van der Waals surface area contributed by atoms with Gasteiger partial charge in [-0.15, -0.1) is 0 Å². The van der Waals surface area contributed by atoms with Crippen LogP contribution in [0.3, 0.4) is 0 Å². The predicted molar refractivity (Wildman–Crippen MR) is 119 cm³/mol. The summed E-state index contributed by atoms with van der Waals surface area (Å²) >= 11 is 0. The lowest BCUT2D eigenvalue weighted by Crippen LogP contribution is -2.44. The van der Waals surface area contributed by atoms with Gasteiger partial charge in [-0.2, -0.15) is 0 Å². The number of rotatable bonds is 4. The topological polar surface area (TPSA) is 77.1 Å². The Kier molecular flexibility index (Phi) is 5.64. The summed E-state index contributed by atoms with van der Waals surface area (Å²) in [6, 6.07) is 10.2. The number of methoxy groups -OCH3 is 1. The van der Waals surface area contributed by atoms with Gasteiger partial charge in [0.05, 0.1) is 12.7 Å². The summed E-state index contributed by atoms with van der Waals surface area (Å²) in [5.74, 6) is 2.75. The Hall–Kier alpha value is -3.22. The van der Waals surface area contributed by atoms with Crippen molar-refractivity contribution in [3.8, 4) is 17.2 Å². The molecule has 0 aromatic heterocycles. The van der Waals surface area contributed by atoms with Crippen molar-refractivity contribution >= 4 is 17.5 Å². The van der Waals surface area contributed by atoms with Crippen molar-refractivity contribution in [3.05, 3.63) is 47.5 Å². The highest BCUT2D eigenvalue weighted by Crippen LogP contribution is 2.37. The van der Waals surface area contributed by atoms with E-state index in [0.717, 1.165) is 25.4 Å². The molecule has 3 aliphatic rings. The Bertz CT molecular complexity index is 1040. The third-order valence-corrected chi connectivity index (χ3v) is 6.90. The van der Waals surface area contributed by atoms with Crippen LogP contribution < -0.4 is 19.5 Å². The summed E-state index contributed by atoms with van der Waals surface area (Å²) in [7, 11) is 1.54. The molecule has 0 spiro atoms. The number of likely N-dealkylation sites (tertiary alicyclic amines) is 1. The van der Waals surface area contributed by atoms with E-state index >= 15 is 0 Å². The molecule has 1 saturated heterocycles. The van der Waals surface area contributed by atoms with E-state index in [2.05, 4.69) is 5.32 Å². The predicted octanol–water partition coefficient (Wildman–Crippen LogP) is 4.33. The Morgan fingerprint density at radius 1 is 1.00 bits per heavy atom. The van der Waals surface area contributed by atoms with Gasteiger partial charge in [-0.1, -0.05) is 19.3 Å². The maximum Gasteiger partial charge on any atom is 0.257 e. The lowest BCUT2D eigenvalue weighted by Gasteiger charge is -2.41. The van der Waals surface area contributed by atoms with Crippen LogP contribution >= 0.6 is 0 Å². The minimum Gasteiger partial charge on any atom is -0.496 e. The number of benzene rings is 2. The first-order chi connectivity index (χ1) is 15.6. The molecule has 2 unspecified atom stereocenters. The zero-order chi connectivity index (χ0) is 22.1. The number of carbonyl (C=O) groups is 2. The molecule has 7 nitrogen and oxygen atoms in total. The average molecular weight is 437 g/mol. The highest BCUT2D eigenvalue weighted by atomic mass is 16.7. The summed E-state index contributed by atoms with van der Waals surface area (Å²) in [5.41, 5.74) is 1.55. The molecular formula is C25H28N2O5. The zero-order valence-corrected chi connectivity index (χ0v) is 18.3. The van der Waals surface area contributed by atoms with Crippen molar-refractivity contribution in [3.63, 3.8) is 0 Å². The standard InChI is InChI=1S/C25H28N2O5/c1-30-22-13-19(26-24(28)17-6-9-21-23(12-17)32-15-31-21)7-8-20(22)25(29)27-11-10-16-4-2-3-5-18(16)14-27/h6-9,12-13,16,18H,2-5,10-11,14-15H2,1H3,(H,26,28). The highest BCUT2D eigenvalue weighted by Gasteiger charge is 2.34. The maximum absolute atomic E-state index is 13.3. The molecule has 0 bridgehead atoms. The number of hydrogen-bond donors (Lipinski definition) is 1. The van der Waals surface area contributed by atoms with Crippen LogP contribution in [0.5, 0.6) is 17.2 Å². The highest BCUT2D eigenvalue weighted by molar-refractivity contribution is 6.05. The molecule has 2 heterocycles. The van der Waals surface area contributed by atoms with Crippen molar-refractivity contribution < 1.29 is 23.8 Å². The van der Waals surface area contributed by atoms with Gasteiger partial charge in [0.1, 0.15) is 5.75 Å². The number of carbonyl (C=O) groups excluding carboxylic acids is 2. The molecular weight excluding hydrogens is 408 g/mol. The fraction of sp³-hybridized carbons (Fsp3) is 0.440. The van der Waals surface area contributed by atoms with E-state index in [4.69, 9.17) is 14.2 Å². The van der Waals surface area contributed by atoms with Crippen LogP contribution in [0.1, 0.15) is 52.8 Å². The number of hydrogen-bond acceptors (Lipinski definition) is 5. The minimum absolute atomic E-state index is 0.000444. The molecule has 2 fully saturated rings. The molecule has 168 valence electrons. The molecule has 2 aromatic rings. The van der Waals surface area contributed by atoms with Gasteiger partial charge in [0.2, 0.25) is 6.79 Å². The number of anilines is 1. The SMILES string of the molecule is COc1cc(NC(=O)c2ccc3c(c2)OCO3)ccc1C(=O)N1CCC2CCCCC2C1. The lowest BCUT2D eigenvalue weighted by atomic mass is 9.75. The fourth-order valence-electron chi connectivity index (χ4n) is 5.14. The summed E-state index contributed by atoms with van der Waals surface area (Å²) < 4.78 is 16.2. The minimum atomic E-state index is -0.274. The van der Waals surface area contributed by atoms with Crippen molar-refractivity contribution in [2.24, 2.45) is 11.8 Å². The van der Waals surface area contributed by atoms with Crippen LogP contribution in [0.25, 0.3) is 0 Å². The second-order valence-electron chi connectivity index (χ2n) is 8.78. The molecule has 1 saturated carbocycles. The van der Waals surface area contributed by atoms with Crippen LogP contribution in [0, 0.1) is 11.8 Å². The van der Waals surface area contributed by atoms with E-state index < -0.39 is 0 Å². The van der Waals surface area contributed by atoms with Gasteiger partial charge in [-0.3, -0.25) is 9.59 Å². The van der Waals surface area contributed by atoms with Gasteiger partial charge < -0.3 is 24.4 Å². The summed E-state index contributed by atoms with van der Waals surface area (Å²) in [6.45, 7) is 1.78. The molecule has 2 aromatic carbocycles. The number of piperidine rings is 1. The second kappa shape index (κ2) is 8.73. The Balaban J connectivity index is 1.29. The normalized spacial score (nSPS) is 21.6. The molecule has 0 radical (unpaired) electrons. The van der Waals surface area contributed by atoms with E-state index in [0.29, 0.717) is 40.0 Å². The van der Waals surface area contributed by atoms with Crippen molar-refractivity contribution in [1.29, 1.82) is 0 Å². The molecule has 32 heavy (non-hydrogen) atoms. The Morgan fingerprint density at radius 2 is 1.81 bits per heavy atom. The smallest absolute Gasteiger partial charge is 0.257 e. The summed E-state index contributed by atoms with van der Waals surface area (Å²) in [6.07, 6.45) is 6.19. The first kappa shape index (κ1) is 20.7. The summed E-state index contributed by atoms with van der Waals surface area (Å²) in [5, 5.41) is 2.87. The number of fused-ring (bicyclic) bond motifs is 2. The van der Waals surface area contributed by atoms with Gasteiger partial charge in [0.15, 0.2) is 11.5 Å². The number of ether oxygens (including phenoxy) is 3. The fourth-order valence-corrected chi connectivity index (χ4v) is 5.14. The molecule has 5 rings (SSSR count). The molecule has 7 heteroatoms. The van der Waals surface area contributed by atoms with Gasteiger partial charge in [-0.05, 0) is 55.0 Å². The van der Waals surface area contributed by atoms with Crippen molar-refractivity contribution in [2.45, 2.75) is 32.1 Å². The maximum atomic E-state index is 13.3. The van der Waals surface area contributed by atoms with E-state index in [-0.39, 0.29) is 18.6 Å². The van der Waals surface area contributed by atoms with Crippen LogP contribution in [0.2, 0.25) is 0 Å². The van der Waals surface area contributed by atoms with Crippen molar-refractivity contribution in [2.75, 3.05) is 32.3 Å². The Morgan fingerprint density at radius 3 is 2.66 bits per heavy atom. The van der Waals surface area contributed by atoms with Crippen molar-refractivity contribution in [1.82, 2.24) is 4.90 Å². The van der Waals surface area contributed by atoms with Gasteiger partial charge in [0.25, 0.3) is 11.8 Å². The van der Waals surface area contributed by atoms with Crippen LogP contribution in [0.4, 0.5) is 5.69 Å². The molecule has 1 N–H and O–H groups in total. The molecule has 2 atom stereocenters. The summed E-state index contributed by atoms with van der Waals surface area (Å²) in [4.78, 5) is 27.9. The second-order valence-corrected chi connectivity index (χ2v) is 8.78. The Labute approximate surface area is 187 Å². The molecule has 1 aliphatic carbocycles. The van der Waals surface area contributed by atoms with Crippen LogP contribution in [0.15, 0.2) is 36.4 Å². The van der Waals surface area contributed by atoms with Crippen LogP contribution in [-0.2, 0) is 0 Å². The van der Waals surface area contributed by atoms with E-state index in [9.17, 15) is 9.59 Å². The first-order valence-electron chi connectivity index (χ1n) is 11.3. The average Bonchev–Trinajstić information content (AvgIpc) is 3.31. The van der Waals surface area contributed by atoms with E-state index in [1.165, 1.54) is 25.7 Å². The lowest BCUT2D eigenvalue weighted by molar-refractivity contribution is 0.0518. The zero-order valence-electron chi connectivity index (χ0n) is 18.3. The van der Waals surface area contributed by atoms with E-state index in [1.807, 2.05) is 4.90 Å². The monoisotopic (exact) mass is 436 g/mol. The van der Waals surface area contributed by atoms with Gasteiger partial charge in [-0.25, -0.2) is 0 Å². The largest absolute Gasteiger partial charge is 0.496 e. The third-order valence-electron chi connectivity index (χ3n) is 6.90. The quantitative estimate of drug-likeness (QED) is 0.772. The number of nitrogens with zero attached hydrogens (tertiary/aromatic N) is 1. The van der Waals surface area contributed by atoms with Crippen LogP contribution in [-0.4, -0.2) is 43.7 Å². The number of nitrogens with one attached hydrogen (secondary N) is 1.